The van der Waals surface area contributed by atoms with Crippen molar-refractivity contribution in [2.75, 3.05) is 19.7 Å². The molecule has 0 radical (unpaired) electrons. The van der Waals surface area contributed by atoms with Crippen LogP contribution in [-0.4, -0.2) is 26.0 Å². The highest BCUT2D eigenvalue weighted by Gasteiger charge is 2.49. The van der Waals surface area contributed by atoms with Crippen molar-refractivity contribution in [1.29, 1.82) is 0 Å². The van der Waals surface area contributed by atoms with Crippen LogP contribution in [0.15, 0.2) is 35.3 Å². The van der Waals surface area contributed by atoms with E-state index in [4.69, 9.17) is 4.74 Å². The number of nitrogens with one attached hydrogen (secondary N) is 1. The molecule has 1 aliphatic carbocycles. The summed E-state index contributed by atoms with van der Waals surface area (Å²) in [6.07, 6.45) is 1.84. The predicted molar refractivity (Wildman–Crippen MR) is 67.9 cm³/mol. The molecule has 1 saturated carbocycles. The van der Waals surface area contributed by atoms with Crippen molar-refractivity contribution in [2.24, 2.45) is 22.7 Å². The molecule has 1 N–H and O–H groups in total. The van der Waals surface area contributed by atoms with Gasteiger partial charge in [-0.25, -0.2) is 0 Å². The lowest BCUT2D eigenvalue weighted by Crippen LogP contribution is -2.15. The Kier molecular flexibility index (Phi) is 3.10. The van der Waals surface area contributed by atoms with Gasteiger partial charge in [0, 0.05) is 13.1 Å². The van der Waals surface area contributed by atoms with E-state index < -0.39 is 0 Å². The first-order valence-corrected chi connectivity index (χ1v) is 6.28. The Morgan fingerprint density at radius 2 is 2.12 bits per heavy atom. The van der Waals surface area contributed by atoms with Gasteiger partial charge in [-0.3, -0.25) is 4.99 Å². The molecule has 1 aliphatic heterocycles. The lowest BCUT2D eigenvalue weighted by atomic mass is 10.2. The van der Waals surface area contributed by atoms with E-state index in [0.29, 0.717) is 5.92 Å². The summed E-state index contributed by atoms with van der Waals surface area (Å²) >= 11 is 0. The highest BCUT2D eigenvalue weighted by Crippen LogP contribution is 2.46. The zero-order chi connectivity index (χ0) is 11.5. The molecule has 90 valence electrons. The second-order valence-corrected chi connectivity index (χ2v) is 4.89. The van der Waals surface area contributed by atoms with Gasteiger partial charge in [-0.1, -0.05) is 30.3 Å². The first-order chi connectivity index (χ1) is 8.45. The fraction of sp³-hybridized carbons (Fsp3) is 0.500. The van der Waals surface area contributed by atoms with Crippen molar-refractivity contribution in [2.45, 2.75) is 6.61 Å². The molecule has 0 bridgehead atoms. The number of benzene rings is 1. The van der Waals surface area contributed by atoms with Crippen LogP contribution >= 0.6 is 0 Å². The zero-order valence-electron chi connectivity index (χ0n) is 9.88. The molecule has 0 spiro atoms. The molecule has 17 heavy (non-hydrogen) atoms. The highest BCUT2D eigenvalue weighted by molar-refractivity contribution is 5.55. The smallest absolute Gasteiger partial charge is 0.0824 e. The highest BCUT2D eigenvalue weighted by atomic mass is 16.5. The van der Waals surface area contributed by atoms with Crippen LogP contribution in [0.3, 0.4) is 0 Å². The minimum absolute atomic E-state index is 0.712. The third-order valence-corrected chi connectivity index (χ3v) is 3.78. The molecule has 3 atom stereocenters. The Hall–Kier alpha value is -1.35. The number of nitrogens with zero attached hydrogens (tertiary/aromatic N) is 1. The maximum absolute atomic E-state index is 5.80. The lowest BCUT2D eigenvalue weighted by molar-refractivity contribution is 0.105. The Morgan fingerprint density at radius 3 is 3.00 bits per heavy atom. The number of rotatable bonds is 4. The Bertz CT molecular complexity index is 390. The fourth-order valence-electron chi connectivity index (χ4n) is 2.66. The molecule has 0 aromatic heterocycles. The first-order valence-electron chi connectivity index (χ1n) is 6.28. The van der Waals surface area contributed by atoms with Crippen LogP contribution in [0.5, 0.6) is 0 Å². The van der Waals surface area contributed by atoms with Gasteiger partial charge in [0.2, 0.25) is 0 Å². The van der Waals surface area contributed by atoms with Gasteiger partial charge in [-0.15, -0.1) is 0 Å². The topological polar surface area (TPSA) is 33.6 Å². The molecule has 1 aromatic carbocycles. The average Bonchev–Trinajstić information content (AvgIpc) is 3.07. The molecule has 0 amide bonds. The standard InChI is InChI=1S/C14H18N2O/c1-2-4-11(5-3-1)8-17-9-14-12-6-15-10-16-7-13(12)14/h1-5,10,12-14H,6-9H2,(H,15,16)/t12-,13+,14?. The largest absolute Gasteiger partial charge is 0.376 e. The molecule has 3 nitrogen and oxygen atoms in total. The van der Waals surface area contributed by atoms with Crippen LogP contribution < -0.4 is 5.32 Å². The number of hydrogen-bond donors (Lipinski definition) is 1. The van der Waals surface area contributed by atoms with Crippen LogP contribution in [0.4, 0.5) is 0 Å². The van der Waals surface area contributed by atoms with E-state index in [9.17, 15) is 0 Å². The molecule has 3 rings (SSSR count). The van der Waals surface area contributed by atoms with Gasteiger partial charge in [0.15, 0.2) is 0 Å². The van der Waals surface area contributed by atoms with Crippen LogP contribution in [0.25, 0.3) is 0 Å². The number of aliphatic imine (C=N–C) groups is 1. The summed E-state index contributed by atoms with van der Waals surface area (Å²) in [5.74, 6) is 2.23. The molecular formula is C14H18N2O. The summed E-state index contributed by atoms with van der Waals surface area (Å²) in [6.45, 7) is 3.64. The summed E-state index contributed by atoms with van der Waals surface area (Å²) in [4.78, 5) is 4.32. The van der Waals surface area contributed by atoms with Crippen LogP contribution in [0.1, 0.15) is 5.56 Å². The van der Waals surface area contributed by atoms with Crippen molar-refractivity contribution < 1.29 is 4.74 Å². The van der Waals surface area contributed by atoms with Crippen LogP contribution in [0.2, 0.25) is 0 Å². The summed E-state index contributed by atoms with van der Waals surface area (Å²) in [5.41, 5.74) is 1.25. The van der Waals surface area contributed by atoms with Gasteiger partial charge in [-0.2, -0.15) is 0 Å². The minimum atomic E-state index is 0.712. The molecule has 1 unspecified atom stereocenters. The summed E-state index contributed by atoms with van der Waals surface area (Å²) in [7, 11) is 0. The summed E-state index contributed by atoms with van der Waals surface area (Å²) in [6, 6.07) is 10.4. The van der Waals surface area contributed by atoms with E-state index in [-0.39, 0.29) is 0 Å². The van der Waals surface area contributed by atoms with Gasteiger partial charge in [0.1, 0.15) is 0 Å². The second-order valence-electron chi connectivity index (χ2n) is 4.89. The quantitative estimate of drug-likeness (QED) is 0.854. The average molecular weight is 230 g/mol. The van der Waals surface area contributed by atoms with Gasteiger partial charge >= 0.3 is 0 Å². The summed E-state index contributed by atoms with van der Waals surface area (Å²) in [5, 5.41) is 3.23. The number of hydrogen-bond acceptors (Lipinski definition) is 3. The van der Waals surface area contributed by atoms with Gasteiger partial charge < -0.3 is 10.1 Å². The zero-order valence-corrected chi connectivity index (χ0v) is 9.88. The van der Waals surface area contributed by atoms with Crippen molar-refractivity contribution in [3.63, 3.8) is 0 Å². The minimum Gasteiger partial charge on any atom is -0.376 e. The van der Waals surface area contributed by atoms with Crippen molar-refractivity contribution in [1.82, 2.24) is 5.32 Å². The fourth-order valence-corrected chi connectivity index (χ4v) is 2.66. The van der Waals surface area contributed by atoms with E-state index in [2.05, 4.69) is 34.6 Å². The predicted octanol–water partition coefficient (Wildman–Crippen LogP) is 1.70. The van der Waals surface area contributed by atoms with Gasteiger partial charge in [0.25, 0.3) is 0 Å². The molecule has 0 saturated heterocycles. The van der Waals surface area contributed by atoms with Crippen molar-refractivity contribution in [3.8, 4) is 0 Å². The third kappa shape index (κ3) is 2.50. The molecule has 1 fully saturated rings. The van der Waals surface area contributed by atoms with E-state index in [1.54, 1.807) is 0 Å². The van der Waals surface area contributed by atoms with Crippen LogP contribution in [-0.2, 0) is 11.3 Å². The molecule has 2 aliphatic rings. The maximum atomic E-state index is 5.80. The van der Waals surface area contributed by atoms with Gasteiger partial charge in [0.05, 0.1) is 19.6 Å². The number of fused-ring (bicyclic) bond motifs is 1. The Labute approximate surface area is 102 Å². The molecular weight excluding hydrogens is 212 g/mol. The van der Waals surface area contributed by atoms with E-state index in [0.717, 1.165) is 38.1 Å². The third-order valence-electron chi connectivity index (χ3n) is 3.78. The van der Waals surface area contributed by atoms with Gasteiger partial charge in [-0.05, 0) is 23.3 Å². The molecule has 1 aromatic rings. The maximum Gasteiger partial charge on any atom is 0.0824 e. The van der Waals surface area contributed by atoms with E-state index in [1.807, 2.05) is 12.4 Å². The Morgan fingerprint density at radius 1 is 1.24 bits per heavy atom. The summed E-state index contributed by atoms with van der Waals surface area (Å²) < 4.78 is 5.80. The molecule has 3 heteroatoms. The van der Waals surface area contributed by atoms with E-state index in [1.165, 1.54) is 5.56 Å². The number of ether oxygens (including phenoxy) is 1. The van der Waals surface area contributed by atoms with E-state index >= 15 is 0 Å². The monoisotopic (exact) mass is 230 g/mol. The first kappa shape index (κ1) is 10.8. The van der Waals surface area contributed by atoms with Crippen LogP contribution in [0, 0.1) is 17.8 Å². The normalized spacial score (nSPS) is 30.2. The van der Waals surface area contributed by atoms with Crippen molar-refractivity contribution in [3.05, 3.63) is 35.9 Å². The van der Waals surface area contributed by atoms with Crippen molar-refractivity contribution >= 4 is 6.34 Å². The Balaban J connectivity index is 1.43. The SMILES string of the molecule is C1=NC[C@H]2C(COCc3ccccc3)[C@H]2CN1. The lowest BCUT2D eigenvalue weighted by Gasteiger charge is -2.04. The second kappa shape index (κ2) is 4.88. The molecule has 1 heterocycles.